The largest absolute Gasteiger partial charge is 0.494 e. The number of alkyl halides is 6. The number of piperazine rings is 2. The minimum atomic E-state index is -4.72. The van der Waals surface area contributed by atoms with Crippen molar-refractivity contribution in [3.63, 3.8) is 0 Å². The second-order valence-corrected chi connectivity index (χ2v) is 20.8. The molecule has 0 spiro atoms. The molecule has 26 nitrogen and oxygen atoms in total. The van der Waals surface area contributed by atoms with E-state index in [0.717, 1.165) is 27.2 Å². The number of carbonyl (C=O) groups excluding carboxylic acids is 3. The van der Waals surface area contributed by atoms with Crippen LogP contribution < -0.4 is 36.9 Å². The van der Waals surface area contributed by atoms with Crippen LogP contribution in [0.15, 0.2) is 46.4 Å². The van der Waals surface area contributed by atoms with Crippen LogP contribution in [-0.4, -0.2) is 155 Å². The first-order valence-corrected chi connectivity index (χ1v) is 27.3. The van der Waals surface area contributed by atoms with Gasteiger partial charge in [0.2, 0.25) is 46.5 Å². The van der Waals surface area contributed by atoms with Gasteiger partial charge in [0, 0.05) is 52.4 Å². The molecular weight excluding hydrogens is 1180 g/mol. The fourth-order valence-electron chi connectivity index (χ4n) is 9.40. The Kier molecular flexibility index (Phi) is 18.0. The highest BCUT2D eigenvalue weighted by molar-refractivity contribution is 6.32. The minimum absolute atomic E-state index is 0.0230. The van der Waals surface area contributed by atoms with E-state index in [1.54, 1.807) is 37.2 Å². The summed E-state index contributed by atoms with van der Waals surface area (Å²) in [4.78, 5) is 87.7. The lowest BCUT2D eigenvalue weighted by Crippen LogP contribution is -2.51. The summed E-state index contributed by atoms with van der Waals surface area (Å²) < 4.78 is 111. The Bertz CT molecular complexity index is 3710. The Morgan fingerprint density at radius 3 is 1.41 bits per heavy atom. The van der Waals surface area contributed by atoms with Crippen LogP contribution in [0, 0.1) is 0 Å². The van der Waals surface area contributed by atoms with Crippen LogP contribution in [-0.2, 0) is 71.6 Å². The first-order chi connectivity index (χ1) is 40.3. The second kappa shape index (κ2) is 25.1. The van der Waals surface area contributed by atoms with E-state index in [9.17, 15) is 50.3 Å². The predicted octanol–water partition coefficient (Wildman–Crippen LogP) is 5.48. The van der Waals surface area contributed by atoms with Gasteiger partial charge in [-0.3, -0.25) is 19.2 Å². The molecule has 2 fully saturated rings. The Balaban J connectivity index is 0.000000206. The lowest BCUT2D eigenvalue weighted by atomic mass is 10.2. The number of nitrogens with zero attached hydrogens (tertiary/aromatic N) is 13. The van der Waals surface area contributed by atoms with Gasteiger partial charge in [0.1, 0.15) is 80.4 Å². The number of fused-ring (bicyclic) bond motifs is 2. The van der Waals surface area contributed by atoms with Crippen LogP contribution in [0.4, 0.5) is 53.9 Å². The molecule has 0 atom stereocenters. The molecule has 3 amide bonds. The van der Waals surface area contributed by atoms with Crippen LogP contribution in [0.1, 0.15) is 69.0 Å². The van der Waals surface area contributed by atoms with Gasteiger partial charge in [-0.15, -0.1) is 10.2 Å². The lowest BCUT2D eigenvalue weighted by molar-refractivity contribution is -0.141. The van der Waals surface area contributed by atoms with Crippen molar-refractivity contribution in [2.45, 2.75) is 78.5 Å². The highest BCUT2D eigenvalue weighted by Crippen LogP contribution is 2.33. The summed E-state index contributed by atoms with van der Waals surface area (Å²) in [5.74, 6) is -0.590. The molecule has 0 bridgehead atoms. The monoisotopic (exact) mass is 1240 g/mol. The quantitative estimate of drug-likeness (QED) is 0.101. The summed E-state index contributed by atoms with van der Waals surface area (Å²) in [5, 5.41) is 15.9. The summed E-state index contributed by atoms with van der Waals surface area (Å²) >= 11 is 11.9. The second-order valence-electron chi connectivity index (χ2n) is 20.1. The number of carbonyl (C=O) groups is 3. The molecule has 4 aliphatic heterocycles. The van der Waals surface area contributed by atoms with Crippen molar-refractivity contribution in [2.75, 3.05) is 99.2 Å². The minimum Gasteiger partial charge on any atom is -0.494 e. The third-order valence-electron chi connectivity index (χ3n) is 13.2. The fourth-order valence-corrected chi connectivity index (χ4v) is 9.81. The van der Waals surface area contributed by atoms with E-state index in [-0.39, 0.29) is 104 Å². The average Bonchev–Trinajstić information content (AvgIpc) is 1.83. The average molecular weight is 1240 g/mol. The molecule has 2 saturated heterocycles. The molecule has 3 N–H and O–H groups in total. The Labute approximate surface area is 488 Å². The summed E-state index contributed by atoms with van der Waals surface area (Å²) in [5.41, 5.74) is -2.53. The lowest BCUT2D eigenvalue weighted by Gasteiger charge is -2.37. The van der Waals surface area contributed by atoms with Gasteiger partial charge in [0.25, 0.3) is 11.1 Å². The summed E-state index contributed by atoms with van der Waals surface area (Å²) in [7, 11) is 0. The van der Waals surface area contributed by atoms with E-state index in [0.29, 0.717) is 69.0 Å². The van der Waals surface area contributed by atoms with Gasteiger partial charge in [-0.25, -0.2) is 14.8 Å². The van der Waals surface area contributed by atoms with Crippen molar-refractivity contribution in [1.82, 2.24) is 58.5 Å². The van der Waals surface area contributed by atoms with Crippen molar-refractivity contribution >= 4 is 86.9 Å². The zero-order valence-corrected chi connectivity index (χ0v) is 47.7. The molecule has 0 aliphatic carbocycles. The molecule has 6 aromatic heterocycles. The zero-order chi connectivity index (χ0) is 61.1. The number of amides is 3. The number of nitrogens with one attached hydrogen (secondary N) is 3. The number of hydrogen-bond acceptors (Lipinski definition) is 19. The zero-order valence-electron chi connectivity index (χ0n) is 46.2. The van der Waals surface area contributed by atoms with Crippen molar-refractivity contribution in [3.8, 4) is 0 Å². The topological polar surface area (TPSA) is 273 Å². The number of rotatable bonds is 12. The molecule has 0 radical (unpaired) electrons. The molecular formula is C51H56Cl2F6N16O10. The highest BCUT2D eigenvalue weighted by atomic mass is 35.5. The molecule has 4 aliphatic rings. The Morgan fingerprint density at radius 1 is 0.624 bits per heavy atom. The van der Waals surface area contributed by atoms with Gasteiger partial charge in [-0.05, 0) is 57.9 Å². The fraction of sp³-hybridized carbons (Fsp3) is 0.471. The number of anilines is 4. The van der Waals surface area contributed by atoms with Crippen LogP contribution in [0.3, 0.4) is 0 Å². The van der Waals surface area contributed by atoms with Crippen molar-refractivity contribution in [3.05, 3.63) is 102 Å². The third kappa shape index (κ3) is 13.8. The van der Waals surface area contributed by atoms with E-state index < -0.39 is 75.2 Å². The Morgan fingerprint density at radius 2 is 1.05 bits per heavy atom. The van der Waals surface area contributed by atoms with Gasteiger partial charge >= 0.3 is 18.4 Å². The number of halogens is 8. The predicted molar refractivity (Wildman–Crippen MR) is 294 cm³/mol. The summed E-state index contributed by atoms with van der Waals surface area (Å²) in [6.45, 7) is 13.0. The van der Waals surface area contributed by atoms with Gasteiger partial charge in [-0.2, -0.15) is 45.3 Å². The van der Waals surface area contributed by atoms with Crippen LogP contribution >= 0.6 is 23.2 Å². The first kappa shape index (κ1) is 61.2. The van der Waals surface area contributed by atoms with Gasteiger partial charge in [-0.1, -0.05) is 37.0 Å². The molecule has 456 valence electrons. The molecule has 6 aromatic rings. The molecule has 0 aromatic carbocycles. The van der Waals surface area contributed by atoms with E-state index >= 15 is 0 Å². The van der Waals surface area contributed by atoms with E-state index in [1.165, 1.54) is 17.1 Å². The van der Waals surface area contributed by atoms with E-state index in [2.05, 4.69) is 46.1 Å². The molecule has 0 saturated carbocycles. The summed E-state index contributed by atoms with van der Waals surface area (Å²) in [6, 6.07) is 3.47. The van der Waals surface area contributed by atoms with Gasteiger partial charge < -0.3 is 63.5 Å². The van der Waals surface area contributed by atoms with Crippen LogP contribution in [0.2, 0.25) is 10.3 Å². The molecule has 0 unspecified atom stereocenters. The van der Waals surface area contributed by atoms with Crippen molar-refractivity contribution < 1.29 is 64.4 Å². The van der Waals surface area contributed by atoms with Gasteiger partial charge in [0.15, 0.2) is 10.3 Å². The van der Waals surface area contributed by atoms with E-state index in [1.807, 2.05) is 16.7 Å². The maximum Gasteiger partial charge on any atom is 0.433 e. The van der Waals surface area contributed by atoms with Crippen LogP contribution in [0.25, 0.3) is 23.1 Å². The standard InChI is InChI=1S/C28H32ClF3N8O6.C23H24ClF3N8O4/c1-5-17-21(37-8-10-38(11-9-37)26(43)46-27(2,3)4)24(42)40-25(35-23(36-40)18-15-44-12-13-45-18)39(17)14-20(41)33-16-6-7-19(28(30,31)32)34-22(16)29;1-2-14-18(33-7-5-28-6-8-33)21(37)35-22(31-20(32-35)15-12-38-9-10-39-15)34(14)11-17(36)29-13-3-4-16(23(25,26)27)30-19(13)24/h6-7,15H,5,8-14H2,1-4H3,(H,33,41);3-4,12,28H,2,5-11H2,1H3,(H,29,36). The third-order valence-corrected chi connectivity index (χ3v) is 13.7. The summed E-state index contributed by atoms with van der Waals surface area (Å²) in [6.07, 6.45) is -6.51. The van der Waals surface area contributed by atoms with Gasteiger partial charge in [0.05, 0.1) is 22.8 Å². The van der Waals surface area contributed by atoms with Crippen molar-refractivity contribution in [1.29, 1.82) is 0 Å². The number of ether oxygens (including phenoxy) is 5. The normalized spacial score (nSPS) is 15.8. The first-order valence-electron chi connectivity index (χ1n) is 26.5. The number of aromatic nitrogens is 10. The van der Waals surface area contributed by atoms with Crippen molar-refractivity contribution in [2.24, 2.45) is 0 Å². The number of hydrogen-bond donors (Lipinski definition) is 3. The molecule has 34 heteroatoms. The maximum atomic E-state index is 14.0. The molecule has 85 heavy (non-hydrogen) atoms. The maximum absolute atomic E-state index is 14.0. The SMILES string of the molecule is CCc1c(N2CCN(C(=O)OC(C)(C)C)CC2)c(=O)n2nc(C3=COCCO3)nc2n1CC(=O)Nc1ccc(C(F)(F)F)nc1Cl.CCc1c(N2CCNCC2)c(=O)n2nc(C3=COCCO3)nc2n1CC(=O)Nc1ccc(C(F)(F)F)nc1Cl. The van der Waals surface area contributed by atoms with Crippen LogP contribution in [0.5, 0.6) is 0 Å². The smallest absolute Gasteiger partial charge is 0.433 e. The Hall–Kier alpha value is -8.39. The molecule has 10 rings (SSSR count). The van der Waals surface area contributed by atoms with E-state index in [4.69, 9.17) is 46.9 Å². The molecule has 10 heterocycles. The highest BCUT2D eigenvalue weighted by Gasteiger charge is 2.36. The number of pyridine rings is 2.